The van der Waals surface area contributed by atoms with Crippen molar-refractivity contribution in [1.29, 1.82) is 0 Å². The number of carbonyl (C=O) groups is 1. The van der Waals surface area contributed by atoms with Crippen LogP contribution in [0.2, 0.25) is 0 Å². The van der Waals surface area contributed by atoms with Crippen LogP contribution in [-0.4, -0.2) is 20.2 Å². The largest absolute Gasteiger partial charge is 0.279 e. The van der Waals surface area contributed by atoms with Crippen molar-refractivity contribution >= 4 is 44.8 Å². The summed E-state index contributed by atoms with van der Waals surface area (Å²) in [6, 6.07) is 5.98. The van der Waals surface area contributed by atoms with Crippen molar-refractivity contribution in [3.8, 4) is 0 Å². The van der Waals surface area contributed by atoms with E-state index < -0.39 is 4.92 Å². The number of aliphatic imine (C=N–C) groups is 1. The molecule has 7 heteroatoms. The van der Waals surface area contributed by atoms with Gasteiger partial charge in [-0.05, 0) is 35.5 Å². The smallest absolute Gasteiger partial charge is 0.269 e. The number of carbonyl (C=O) groups excluding carboxylic acids is 1. The van der Waals surface area contributed by atoms with Crippen LogP contribution in [0.1, 0.15) is 5.56 Å². The monoisotopic (exact) mass is 306 g/mol. The minimum absolute atomic E-state index is 0.0185. The Hall–Kier alpha value is -1.86. The minimum atomic E-state index is -0.463. The van der Waals surface area contributed by atoms with Crippen LogP contribution in [0, 0.1) is 10.1 Å². The van der Waals surface area contributed by atoms with Crippen molar-refractivity contribution in [2.45, 2.75) is 0 Å². The van der Waals surface area contributed by atoms with Crippen LogP contribution in [-0.2, 0) is 4.79 Å². The van der Waals surface area contributed by atoms with Crippen LogP contribution >= 0.6 is 23.5 Å². The first kappa shape index (κ1) is 14.5. The van der Waals surface area contributed by atoms with E-state index in [1.165, 1.54) is 23.9 Å². The zero-order valence-electron chi connectivity index (χ0n) is 10.3. The van der Waals surface area contributed by atoms with E-state index in [0.717, 1.165) is 11.8 Å². The fourth-order valence-corrected chi connectivity index (χ4v) is 3.03. The van der Waals surface area contributed by atoms with Gasteiger partial charge < -0.3 is 0 Å². The number of hydrogen-bond acceptors (Lipinski definition) is 6. The average Bonchev–Trinajstić information content (AvgIpc) is 2.77. The van der Waals surface area contributed by atoms with Gasteiger partial charge in [0.15, 0.2) is 0 Å². The highest BCUT2D eigenvalue weighted by Gasteiger charge is 2.22. The zero-order chi connectivity index (χ0) is 14.5. The molecule has 1 aliphatic rings. The molecule has 20 heavy (non-hydrogen) atoms. The lowest BCUT2D eigenvalue weighted by atomic mass is 10.2. The predicted molar refractivity (Wildman–Crippen MR) is 83.8 cm³/mol. The molecule has 0 saturated heterocycles. The quantitative estimate of drug-likeness (QED) is 0.368. The third-order valence-corrected chi connectivity index (χ3v) is 4.34. The molecule has 0 saturated carbocycles. The first-order valence-electron chi connectivity index (χ1n) is 5.61. The molecule has 0 amide bonds. The minimum Gasteiger partial charge on any atom is -0.279 e. The molecule has 0 atom stereocenters. The Morgan fingerprint density at radius 1 is 1.40 bits per heavy atom. The Labute approximate surface area is 124 Å². The van der Waals surface area contributed by atoms with Crippen molar-refractivity contribution in [1.82, 2.24) is 0 Å². The Kier molecular flexibility index (Phi) is 4.75. The lowest BCUT2D eigenvalue weighted by Crippen LogP contribution is -1.89. The molecular formula is C13H10N2O3S2. The number of benzene rings is 1. The number of thioether (sulfide) groups is 2. The molecule has 0 N–H and O–H groups in total. The molecule has 0 fully saturated rings. The van der Waals surface area contributed by atoms with Gasteiger partial charge in [0.25, 0.3) is 5.69 Å². The summed E-state index contributed by atoms with van der Waals surface area (Å²) in [4.78, 5) is 26.1. The second-order valence-corrected chi connectivity index (χ2v) is 5.97. The van der Waals surface area contributed by atoms with E-state index in [4.69, 9.17) is 0 Å². The number of nitro groups is 1. The van der Waals surface area contributed by atoms with Crippen LogP contribution < -0.4 is 0 Å². The van der Waals surface area contributed by atoms with Crippen LogP contribution in [0.5, 0.6) is 0 Å². The number of nitrogens with zero attached hydrogens (tertiary/aromatic N) is 2. The zero-order valence-corrected chi connectivity index (χ0v) is 11.9. The molecule has 0 aromatic heterocycles. The van der Waals surface area contributed by atoms with Crippen molar-refractivity contribution in [3.05, 3.63) is 58.3 Å². The summed E-state index contributed by atoms with van der Waals surface area (Å²) in [6.07, 6.45) is 3.37. The Morgan fingerprint density at radius 2 is 2.10 bits per heavy atom. The lowest BCUT2D eigenvalue weighted by molar-refractivity contribution is -0.384. The van der Waals surface area contributed by atoms with Gasteiger partial charge in [0.05, 0.1) is 4.92 Å². The molecule has 1 aromatic rings. The van der Waals surface area contributed by atoms with Crippen molar-refractivity contribution < 1.29 is 9.72 Å². The summed E-state index contributed by atoms with van der Waals surface area (Å²) in [6.45, 7) is 3.61. The van der Waals surface area contributed by atoms with Gasteiger partial charge in [-0.15, -0.1) is 6.58 Å². The molecule has 0 unspecified atom stereocenters. The summed E-state index contributed by atoms with van der Waals surface area (Å²) in [5.74, 6) is 0.698. The number of hydrogen-bond donors (Lipinski definition) is 0. The lowest BCUT2D eigenvalue weighted by Gasteiger charge is -1.94. The molecule has 1 aromatic carbocycles. The van der Waals surface area contributed by atoms with Gasteiger partial charge in [-0.25, -0.2) is 4.99 Å². The first-order chi connectivity index (χ1) is 9.60. The molecule has 102 valence electrons. The third-order valence-electron chi connectivity index (χ3n) is 2.33. The summed E-state index contributed by atoms with van der Waals surface area (Å²) in [5, 5.41) is 10.4. The Balaban J connectivity index is 2.17. The van der Waals surface area contributed by atoms with Gasteiger partial charge in [0, 0.05) is 17.9 Å². The standard InChI is InChI=1S/C13H10N2O3S2/c1-2-7-19-13-14-11(12(16)20-13)8-9-3-5-10(6-4-9)15(17)18/h2-6,8H,1,7H2/b11-8-. The Bertz CT molecular complexity index is 621. The van der Waals surface area contributed by atoms with E-state index >= 15 is 0 Å². The van der Waals surface area contributed by atoms with Gasteiger partial charge in [0.1, 0.15) is 10.1 Å². The van der Waals surface area contributed by atoms with E-state index in [2.05, 4.69) is 11.6 Å². The molecule has 1 heterocycles. The summed E-state index contributed by atoms with van der Waals surface area (Å²) in [5.41, 5.74) is 1.08. The van der Waals surface area contributed by atoms with Gasteiger partial charge in [-0.3, -0.25) is 14.9 Å². The molecule has 0 aliphatic carbocycles. The molecular weight excluding hydrogens is 296 g/mol. The maximum Gasteiger partial charge on any atom is 0.269 e. The van der Waals surface area contributed by atoms with Crippen molar-refractivity contribution in [3.63, 3.8) is 0 Å². The fourth-order valence-electron chi connectivity index (χ4n) is 1.43. The van der Waals surface area contributed by atoms with Crippen LogP contribution in [0.3, 0.4) is 0 Å². The normalized spacial score (nSPS) is 16.3. The van der Waals surface area contributed by atoms with Crippen molar-refractivity contribution in [2.24, 2.45) is 4.99 Å². The molecule has 0 spiro atoms. The predicted octanol–water partition coefficient (Wildman–Crippen LogP) is 3.48. The third kappa shape index (κ3) is 3.58. The van der Waals surface area contributed by atoms with Gasteiger partial charge >= 0.3 is 0 Å². The molecule has 0 radical (unpaired) electrons. The maximum absolute atomic E-state index is 11.8. The topological polar surface area (TPSA) is 72.6 Å². The van der Waals surface area contributed by atoms with Gasteiger partial charge in [-0.1, -0.05) is 17.8 Å². The van der Waals surface area contributed by atoms with Crippen LogP contribution in [0.25, 0.3) is 6.08 Å². The summed E-state index contributed by atoms with van der Waals surface area (Å²) >= 11 is 2.54. The summed E-state index contributed by atoms with van der Waals surface area (Å²) in [7, 11) is 0. The van der Waals surface area contributed by atoms with E-state index in [0.29, 0.717) is 21.4 Å². The van der Waals surface area contributed by atoms with Crippen LogP contribution in [0.15, 0.2) is 47.6 Å². The highest BCUT2D eigenvalue weighted by Crippen LogP contribution is 2.31. The van der Waals surface area contributed by atoms with E-state index in [1.807, 2.05) is 0 Å². The number of nitro benzene ring substituents is 1. The fraction of sp³-hybridized carbons (Fsp3) is 0.0769. The molecule has 5 nitrogen and oxygen atoms in total. The maximum atomic E-state index is 11.8. The SMILES string of the molecule is C=CCSC1=N/C(=C\c2ccc([N+](=O)[O-])cc2)C(=O)S1. The van der Waals surface area contributed by atoms with E-state index in [-0.39, 0.29) is 10.8 Å². The molecule has 1 aliphatic heterocycles. The highest BCUT2D eigenvalue weighted by molar-refractivity contribution is 8.45. The molecule has 2 rings (SSSR count). The molecule has 0 bridgehead atoms. The van der Waals surface area contributed by atoms with Gasteiger partial charge in [-0.2, -0.15) is 0 Å². The van der Waals surface area contributed by atoms with Crippen molar-refractivity contribution in [2.75, 3.05) is 5.75 Å². The van der Waals surface area contributed by atoms with Crippen LogP contribution in [0.4, 0.5) is 5.69 Å². The second kappa shape index (κ2) is 6.53. The van der Waals surface area contributed by atoms with E-state index in [1.54, 1.807) is 24.3 Å². The average molecular weight is 306 g/mol. The highest BCUT2D eigenvalue weighted by atomic mass is 32.2. The summed E-state index contributed by atoms with van der Waals surface area (Å²) < 4.78 is 0.697. The number of rotatable bonds is 4. The first-order valence-corrected chi connectivity index (χ1v) is 7.41. The van der Waals surface area contributed by atoms with E-state index in [9.17, 15) is 14.9 Å². The second-order valence-electron chi connectivity index (χ2n) is 3.75. The number of non-ortho nitro benzene ring substituents is 1. The Morgan fingerprint density at radius 3 is 2.70 bits per heavy atom. The van der Waals surface area contributed by atoms with Gasteiger partial charge in [0.2, 0.25) is 5.12 Å².